The van der Waals surface area contributed by atoms with Crippen LogP contribution < -0.4 is 10.5 Å². The molecule has 2 N–H and O–H groups in total. The Morgan fingerprint density at radius 2 is 2.33 bits per heavy atom. The average Bonchev–Trinajstić information content (AvgIpc) is 2.28. The van der Waals surface area contributed by atoms with Crippen molar-refractivity contribution in [1.29, 1.82) is 0 Å². The molecule has 0 saturated carbocycles. The predicted molar refractivity (Wildman–Crippen MR) is 62.3 cm³/mol. The Labute approximate surface area is 91.4 Å². The van der Waals surface area contributed by atoms with Gasteiger partial charge in [0.15, 0.2) is 0 Å². The number of rotatable bonds is 3. The number of hydrogen-bond acceptors (Lipinski definition) is 2. The van der Waals surface area contributed by atoms with Crippen molar-refractivity contribution >= 4 is 0 Å². The molecule has 0 heterocycles. The van der Waals surface area contributed by atoms with Crippen molar-refractivity contribution in [2.24, 2.45) is 5.73 Å². The summed E-state index contributed by atoms with van der Waals surface area (Å²) in [5.74, 6) is 1.52. The van der Waals surface area contributed by atoms with Crippen molar-refractivity contribution in [3.8, 4) is 5.75 Å². The summed E-state index contributed by atoms with van der Waals surface area (Å²) in [6.45, 7) is 3.49. The van der Waals surface area contributed by atoms with Crippen molar-refractivity contribution < 1.29 is 4.74 Å². The van der Waals surface area contributed by atoms with Crippen LogP contribution in [0.3, 0.4) is 0 Å². The molecule has 0 aromatic heterocycles. The van der Waals surface area contributed by atoms with Gasteiger partial charge in [0.25, 0.3) is 0 Å². The zero-order valence-electron chi connectivity index (χ0n) is 9.33. The molecule has 0 amide bonds. The lowest BCUT2D eigenvalue weighted by Gasteiger charge is -2.24. The van der Waals surface area contributed by atoms with E-state index in [-0.39, 0.29) is 0 Å². The van der Waals surface area contributed by atoms with Crippen molar-refractivity contribution in [3.05, 3.63) is 29.3 Å². The van der Waals surface area contributed by atoms with Crippen LogP contribution in [0.15, 0.2) is 18.2 Å². The summed E-state index contributed by atoms with van der Waals surface area (Å²) < 4.78 is 5.52. The van der Waals surface area contributed by atoms with E-state index in [9.17, 15) is 0 Å². The Balaban J connectivity index is 2.30. The van der Waals surface area contributed by atoms with Gasteiger partial charge in [-0.25, -0.2) is 0 Å². The molecule has 0 spiro atoms. The maximum atomic E-state index is 5.80. The molecule has 82 valence electrons. The lowest BCUT2D eigenvalue weighted by Crippen LogP contribution is -2.18. The fourth-order valence-electron chi connectivity index (χ4n) is 2.38. The third kappa shape index (κ3) is 2.15. The van der Waals surface area contributed by atoms with Crippen LogP contribution >= 0.6 is 0 Å². The molecule has 0 radical (unpaired) electrons. The molecule has 15 heavy (non-hydrogen) atoms. The topological polar surface area (TPSA) is 35.2 Å². The molecule has 1 aromatic carbocycles. The van der Waals surface area contributed by atoms with Gasteiger partial charge in [0.2, 0.25) is 0 Å². The monoisotopic (exact) mass is 205 g/mol. The van der Waals surface area contributed by atoms with Crippen LogP contribution in [0.5, 0.6) is 5.75 Å². The quantitative estimate of drug-likeness (QED) is 0.822. The summed E-state index contributed by atoms with van der Waals surface area (Å²) >= 11 is 0. The fraction of sp³-hybridized carbons (Fsp3) is 0.538. The van der Waals surface area contributed by atoms with E-state index >= 15 is 0 Å². The fourth-order valence-corrected chi connectivity index (χ4v) is 2.38. The standard InChI is InChI=1S/C13H19NO/c1-2-15-12-7-6-10-4-3-5-11(9-14)13(10)8-12/h6-8,11H,2-5,9,14H2,1H3. The van der Waals surface area contributed by atoms with Gasteiger partial charge >= 0.3 is 0 Å². The Morgan fingerprint density at radius 1 is 1.47 bits per heavy atom. The minimum atomic E-state index is 0.536. The van der Waals surface area contributed by atoms with Gasteiger partial charge in [0.1, 0.15) is 5.75 Å². The van der Waals surface area contributed by atoms with E-state index in [2.05, 4.69) is 18.2 Å². The summed E-state index contributed by atoms with van der Waals surface area (Å²) in [5.41, 5.74) is 8.67. The lowest BCUT2D eigenvalue weighted by atomic mass is 9.83. The number of nitrogens with two attached hydrogens (primary N) is 1. The molecule has 0 saturated heterocycles. The lowest BCUT2D eigenvalue weighted by molar-refractivity contribution is 0.339. The summed E-state index contributed by atoms with van der Waals surface area (Å²) in [5, 5.41) is 0. The minimum Gasteiger partial charge on any atom is -0.494 e. The van der Waals surface area contributed by atoms with E-state index < -0.39 is 0 Å². The van der Waals surface area contributed by atoms with Gasteiger partial charge in [-0.3, -0.25) is 0 Å². The first kappa shape index (κ1) is 10.5. The van der Waals surface area contributed by atoms with Crippen LogP contribution in [0.25, 0.3) is 0 Å². The Morgan fingerprint density at radius 3 is 3.07 bits per heavy atom. The smallest absolute Gasteiger partial charge is 0.119 e. The summed E-state index contributed by atoms with van der Waals surface area (Å²) in [6, 6.07) is 6.44. The molecule has 1 unspecified atom stereocenters. The SMILES string of the molecule is CCOc1ccc2c(c1)C(CN)CCC2. The third-order valence-electron chi connectivity index (χ3n) is 3.15. The van der Waals surface area contributed by atoms with Gasteiger partial charge in [-0.1, -0.05) is 6.07 Å². The Bertz CT molecular complexity index is 335. The van der Waals surface area contributed by atoms with Crippen LogP contribution in [0.2, 0.25) is 0 Å². The molecular weight excluding hydrogens is 186 g/mol. The number of ether oxygens (including phenoxy) is 1. The van der Waals surface area contributed by atoms with Crippen LogP contribution in [-0.2, 0) is 6.42 Å². The Hall–Kier alpha value is -1.02. The van der Waals surface area contributed by atoms with Gasteiger partial charge < -0.3 is 10.5 Å². The van der Waals surface area contributed by atoms with Crippen molar-refractivity contribution in [3.63, 3.8) is 0 Å². The largest absolute Gasteiger partial charge is 0.494 e. The highest BCUT2D eigenvalue weighted by molar-refractivity contribution is 5.39. The molecule has 2 rings (SSSR count). The zero-order valence-corrected chi connectivity index (χ0v) is 9.33. The normalized spacial score (nSPS) is 19.7. The minimum absolute atomic E-state index is 0.536. The highest BCUT2D eigenvalue weighted by atomic mass is 16.5. The highest BCUT2D eigenvalue weighted by Crippen LogP contribution is 2.33. The van der Waals surface area contributed by atoms with Gasteiger partial charge in [-0.05, 0) is 61.9 Å². The average molecular weight is 205 g/mol. The van der Waals surface area contributed by atoms with Gasteiger partial charge in [-0.15, -0.1) is 0 Å². The van der Waals surface area contributed by atoms with Crippen molar-refractivity contribution in [2.45, 2.75) is 32.1 Å². The molecule has 1 atom stereocenters. The molecule has 2 nitrogen and oxygen atoms in total. The zero-order chi connectivity index (χ0) is 10.7. The molecule has 0 aliphatic heterocycles. The second kappa shape index (κ2) is 4.67. The molecule has 0 bridgehead atoms. The maximum absolute atomic E-state index is 5.80. The Kier molecular flexibility index (Phi) is 3.27. The second-order valence-corrected chi connectivity index (χ2v) is 4.12. The molecule has 0 fully saturated rings. The molecule has 2 heteroatoms. The van der Waals surface area contributed by atoms with Crippen molar-refractivity contribution in [2.75, 3.05) is 13.2 Å². The number of fused-ring (bicyclic) bond motifs is 1. The van der Waals surface area contributed by atoms with E-state index in [0.29, 0.717) is 5.92 Å². The molecule has 1 aromatic rings. The first-order valence-electron chi connectivity index (χ1n) is 5.80. The molecular formula is C13H19NO. The van der Waals surface area contributed by atoms with E-state index in [0.717, 1.165) is 18.9 Å². The summed E-state index contributed by atoms with van der Waals surface area (Å²) in [4.78, 5) is 0. The van der Waals surface area contributed by atoms with E-state index in [1.165, 1.54) is 30.4 Å². The molecule has 1 aliphatic rings. The van der Waals surface area contributed by atoms with E-state index in [1.54, 1.807) is 0 Å². The maximum Gasteiger partial charge on any atom is 0.119 e. The second-order valence-electron chi connectivity index (χ2n) is 4.12. The van der Waals surface area contributed by atoms with Gasteiger partial charge in [0, 0.05) is 0 Å². The van der Waals surface area contributed by atoms with E-state index in [4.69, 9.17) is 10.5 Å². The number of benzene rings is 1. The van der Waals surface area contributed by atoms with Crippen LogP contribution in [0, 0.1) is 0 Å². The number of hydrogen-bond donors (Lipinski definition) is 1. The van der Waals surface area contributed by atoms with Crippen LogP contribution in [-0.4, -0.2) is 13.2 Å². The molecule has 1 aliphatic carbocycles. The van der Waals surface area contributed by atoms with Gasteiger partial charge in [0.05, 0.1) is 6.61 Å². The summed E-state index contributed by atoms with van der Waals surface area (Å²) in [6.07, 6.45) is 3.68. The number of aryl methyl sites for hydroxylation is 1. The third-order valence-corrected chi connectivity index (χ3v) is 3.15. The predicted octanol–water partition coefficient (Wildman–Crippen LogP) is 2.46. The van der Waals surface area contributed by atoms with E-state index in [1.807, 2.05) is 6.92 Å². The first-order chi connectivity index (χ1) is 7.35. The first-order valence-corrected chi connectivity index (χ1v) is 5.80. The van der Waals surface area contributed by atoms with Crippen LogP contribution in [0.4, 0.5) is 0 Å². The van der Waals surface area contributed by atoms with Gasteiger partial charge in [-0.2, -0.15) is 0 Å². The van der Waals surface area contributed by atoms with Crippen molar-refractivity contribution in [1.82, 2.24) is 0 Å². The van der Waals surface area contributed by atoms with Crippen LogP contribution in [0.1, 0.15) is 36.8 Å². The highest BCUT2D eigenvalue weighted by Gasteiger charge is 2.19. The summed E-state index contributed by atoms with van der Waals surface area (Å²) in [7, 11) is 0.